The minimum Gasteiger partial charge on any atom is -0.488 e. The minimum absolute atomic E-state index is 0.0179. The zero-order valence-corrected chi connectivity index (χ0v) is 9.54. The van der Waals surface area contributed by atoms with Crippen molar-refractivity contribution < 1.29 is 14.1 Å². The summed E-state index contributed by atoms with van der Waals surface area (Å²) in [6.45, 7) is 3.90. The highest BCUT2D eigenvalue weighted by molar-refractivity contribution is 6.32. The Hall–Kier alpha value is -1.66. The molecule has 0 aliphatic rings. The van der Waals surface area contributed by atoms with E-state index in [0.29, 0.717) is 5.57 Å². The lowest BCUT2D eigenvalue weighted by molar-refractivity contribution is -0.387. The Morgan fingerprint density at radius 3 is 2.82 bits per heavy atom. The number of nitro benzene ring substituents is 1. The number of ether oxygens (including phenoxy) is 1. The van der Waals surface area contributed by atoms with Crippen LogP contribution in [0.15, 0.2) is 24.3 Å². The number of rotatable bonds is 5. The highest BCUT2D eigenvalue weighted by Crippen LogP contribution is 2.31. The summed E-state index contributed by atoms with van der Waals surface area (Å²) in [6, 6.07) is 1.77. The fraction of sp³-hybridized carbons (Fsp3) is 0.200. The average Bonchev–Trinajstić information content (AvgIpc) is 2.28. The molecule has 0 heterocycles. The van der Waals surface area contributed by atoms with E-state index in [-0.39, 0.29) is 23.9 Å². The summed E-state index contributed by atoms with van der Waals surface area (Å²) in [7, 11) is 0. The van der Waals surface area contributed by atoms with E-state index in [1.807, 2.05) is 0 Å². The predicted octanol–water partition coefficient (Wildman–Crippen LogP) is 2.28. The summed E-state index contributed by atoms with van der Waals surface area (Å²) < 4.78 is 18.4. The number of nitrogens with two attached hydrogens (primary N) is 1. The molecule has 0 unspecified atom stereocenters. The fourth-order valence-corrected chi connectivity index (χ4v) is 1.22. The molecule has 0 atom stereocenters. The van der Waals surface area contributed by atoms with Gasteiger partial charge in [-0.1, -0.05) is 18.2 Å². The van der Waals surface area contributed by atoms with Gasteiger partial charge in [-0.3, -0.25) is 10.1 Å². The van der Waals surface area contributed by atoms with Crippen LogP contribution in [0, 0.1) is 15.9 Å². The average molecular weight is 261 g/mol. The first-order valence-electron chi connectivity index (χ1n) is 4.58. The highest BCUT2D eigenvalue weighted by atomic mass is 35.5. The molecule has 0 aliphatic carbocycles. The largest absolute Gasteiger partial charge is 0.488 e. The summed E-state index contributed by atoms with van der Waals surface area (Å²) in [5, 5.41) is 10.4. The van der Waals surface area contributed by atoms with Gasteiger partial charge in [-0.05, 0) is 5.57 Å². The van der Waals surface area contributed by atoms with E-state index >= 15 is 0 Å². The van der Waals surface area contributed by atoms with Gasteiger partial charge in [-0.2, -0.15) is 4.39 Å². The first-order chi connectivity index (χ1) is 7.95. The van der Waals surface area contributed by atoms with Crippen LogP contribution >= 0.6 is 11.6 Å². The molecule has 0 saturated carbocycles. The third-order valence-corrected chi connectivity index (χ3v) is 2.21. The summed E-state index contributed by atoms with van der Waals surface area (Å²) in [6.07, 6.45) is 0. The first kappa shape index (κ1) is 13.4. The van der Waals surface area contributed by atoms with Gasteiger partial charge in [0.15, 0.2) is 0 Å². The second kappa shape index (κ2) is 5.60. The van der Waals surface area contributed by atoms with Crippen LogP contribution in [0.2, 0.25) is 5.02 Å². The van der Waals surface area contributed by atoms with E-state index < -0.39 is 16.4 Å². The number of benzene rings is 1. The second-order valence-electron chi connectivity index (χ2n) is 3.23. The molecule has 0 spiro atoms. The molecular formula is C10H10ClFN2O3. The SMILES string of the molecule is C=C(CN)COc1cc(F)c([N+](=O)[O-])cc1Cl. The highest BCUT2D eigenvalue weighted by Gasteiger charge is 2.18. The molecule has 0 fully saturated rings. The normalized spacial score (nSPS) is 10.1. The van der Waals surface area contributed by atoms with E-state index in [1.165, 1.54) is 0 Å². The van der Waals surface area contributed by atoms with E-state index in [0.717, 1.165) is 12.1 Å². The van der Waals surface area contributed by atoms with Crippen LogP contribution in [0.1, 0.15) is 0 Å². The number of halogens is 2. The van der Waals surface area contributed by atoms with Gasteiger partial charge in [0.05, 0.1) is 9.95 Å². The van der Waals surface area contributed by atoms with Crippen LogP contribution in [0.4, 0.5) is 10.1 Å². The molecule has 7 heteroatoms. The Bertz CT molecular complexity index is 465. The van der Waals surface area contributed by atoms with Crippen LogP contribution in [0.25, 0.3) is 0 Å². The van der Waals surface area contributed by atoms with Crippen molar-refractivity contribution in [3.05, 3.63) is 45.2 Å². The summed E-state index contributed by atoms with van der Waals surface area (Å²) in [4.78, 5) is 9.58. The van der Waals surface area contributed by atoms with Crippen LogP contribution in [-0.2, 0) is 0 Å². The van der Waals surface area contributed by atoms with Crippen molar-refractivity contribution in [1.29, 1.82) is 0 Å². The second-order valence-corrected chi connectivity index (χ2v) is 3.64. The molecule has 1 aromatic rings. The van der Waals surface area contributed by atoms with Gasteiger partial charge in [-0.25, -0.2) is 0 Å². The lowest BCUT2D eigenvalue weighted by atomic mass is 10.3. The molecule has 0 aromatic heterocycles. The molecule has 92 valence electrons. The molecule has 2 N–H and O–H groups in total. The summed E-state index contributed by atoms with van der Waals surface area (Å²) >= 11 is 5.72. The van der Waals surface area contributed by atoms with Gasteiger partial charge in [-0.15, -0.1) is 0 Å². The maximum Gasteiger partial charge on any atom is 0.306 e. The van der Waals surface area contributed by atoms with Gasteiger partial charge < -0.3 is 10.5 Å². The van der Waals surface area contributed by atoms with E-state index in [1.54, 1.807) is 0 Å². The van der Waals surface area contributed by atoms with E-state index in [9.17, 15) is 14.5 Å². The molecule has 0 saturated heterocycles. The van der Waals surface area contributed by atoms with Crippen molar-refractivity contribution in [2.45, 2.75) is 0 Å². The van der Waals surface area contributed by atoms with Crippen LogP contribution < -0.4 is 10.5 Å². The Balaban J connectivity index is 2.92. The smallest absolute Gasteiger partial charge is 0.306 e. The number of hydrogen-bond acceptors (Lipinski definition) is 4. The topological polar surface area (TPSA) is 78.4 Å². The lowest BCUT2D eigenvalue weighted by Gasteiger charge is -2.08. The van der Waals surface area contributed by atoms with Gasteiger partial charge in [0.25, 0.3) is 0 Å². The van der Waals surface area contributed by atoms with Gasteiger partial charge in [0.2, 0.25) is 5.82 Å². The minimum atomic E-state index is -1.01. The van der Waals surface area contributed by atoms with Crippen molar-refractivity contribution >= 4 is 17.3 Å². The standard InChI is InChI=1S/C10H10ClFN2O3/c1-6(4-13)5-17-10-3-8(12)9(14(15)16)2-7(10)11/h2-3H,1,4-5,13H2. The first-order valence-corrected chi connectivity index (χ1v) is 4.96. The molecule has 5 nitrogen and oxygen atoms in total. The Morgan fingerprint density at radius 1 is 1.65 bits per heavy atom. The van der Waals surface area contributed by atoms with E-state index in [4.69, 9.17) is 22.1 Å². The zero-order valence-electron chi connectivity index (χ0n) is 8.78. The quantitative estimate of drug-likeness (QED) is 0.500. The van der Waals surface area contributed by atoms with Crippen molar-refractivity contribution in [3.8, 4) is 5.75 Å². The Labute approximate surface area is 102 Å². The molecule has 17 heavy (non-hydrogen) atoms. The molecule has 1 rings (SSSR count). The number of hydrogen-bond donors (Lipinski definition) is 1. The van der Waals surface area contributed by atoms with Crippen LogP contribution in [0.3, 0.4) is 0 Å². The van der Waals surface area contributed by atoms with Crippen molar-refractivity contribution in [2.75, 3.05) is 13.2 Å². The fourth-order valence-electron chi connectivity index (χ4n) is 1.01. The number of nitrogens with zero attached hydrogens (tertiary/aromatic N) is 1. The monoisotopic (exact) mass is 260 g/mol. The molecule has 0 radical (unpaired) electrons. The van der Waals surface area contributed by atoms with Crippen LogP contribution in [-0.4, -0.2) is 18.1 Å². The zero-order chi connectivity index (χ0) is 13.0. The maximum atomic E-state index is 13.3. The Morgan fingerprint density at radius 2 is 2.29 bits per heavy atom. The van der Waals surface area contributed by atoms with E-state index in [2.05, 4.69) is 6.58 Å². The summed E-state index contributed by atoms with van der Waals surface area (Å²) in [5.74, 6) is -0.989. The maximum absolute atomic E-state index is 13.3. The number of nitro groups is 1. The van der Waals surface area contributed by atoms with Crippen LogP contribution in [0.5, 0.6) is 5.75 Å². The molecule has 1 aromatic carbocycles. The van der Waals surface area contributed by atoms with Gasteiger partial charge in [0, 0.05) is 18.7 Å². The molecule has 0 aliphatic heterocycles. The third kappa shape index (κ3) is 3.40. The molecule has 0 bridgehead atoms. The Kier molecular flexibility index (Phi) is 4.42. The third-order valence-electron chi connectivity index (χ3n) is 1.92. The van der Waals surface area contributed by atoms with Gasteiger partial charge >= 0.3 is 5.69 Å². The lowest BCUT2D eigenvalue weighted by Crippen LogP contribution is -2.10. The van der Waals surface area contributed by atoms with Crippen molar-refractivity contribution in [1.82, 2.24) is 0 Å². The summed E-state index contributed by atoms with van der Waals surface area (Å²) in [5.41, 5.74) is 5.19. The molecule has 0 amide bonds. The predicted molar refractivity (Wildman–Crippen MR) is 61.8 cm³/mol. The van der Waals surface area contributed by atoms with Gasteiger partial charge in [0.1, 0.15) is 12.4 Å². The van der Waals surface area contributed by atoms with Crippen molar-refractivity contribution in [3.63, 3.8) is 0 Å². The molecular weight excluding hydrogens is 251 g/mol. The van der Waals surface area contributed by atoms with Crippen molar-refractivity contribution in [2.24, 2.45) is 5.73 Å².